The fourth-order valence-electron chi connectivity index (χ4n) is 2.23. The summed E-state index contributed by atoms with van der Waals surface area (Å²) in [4.78, 5) is 21.7. The molecule has 0 saturated carbocycles. The van der Waals surface area contributed by atoms with E-state index in [-0.39, 0.29) is 11.0 Å². The van der Waals surface area contributed by atoms with Crippen molar-refractivity contribution >= 4 is 28.2 Å². The van der Waals surface area contributed by atoms with Crippen molar-refractivity contribution in [3.63, 3.8) is 0 Å². The second kappa shape index (κ2) is 4.57. The fourth-order valence-corrected chi connectivity index (χ4v) is 2.38. The number of rotatable bonds is 2. The third-order valence-electron chi connectivity index (χ3n) is 3.06. The van der Waals surface area contributed by atoms with Crippen LogP contribution in [0, 0.1) is 17.0 Å². The number of nitrogens with one attached hydrogen (secondary N) is 1. The first-order valence-corrected chi connectivity index (χ1v) is 6.19. The van der Waals surface area contributed by atoms with Crippen LogP contribution in [0.15, 0.2) is 30.5 Å². The number of hydrogen-bond acceptors (Lipinski definition) is 4. The minimum atomic E-state index is -0.418. The van der Waals surface area contributed by atoms with Gasteiger partial charge in [0.25, 0.3) is 5.69 Å². The van der Waals surface area contributed by atoms with E-state index < -0.39 is 4.92 Å². The van der Waals surface area contributed by atoms with Crippen LogP contribution in [-0.2, 0) is 0 Å². The number of hydrogen-bond donors (Lipinski definition) is 1. The Bertz CT molecular complexity index is 828. The molecule has 0 aliphatic carbocycles. The summed E-state index contributed by atoms with van der Waals surface area (Å²) in [6, 6.07) is 6.41. The van der Waals surface area contributed by atoms with E-state index in [9.17, 15) is 10.1 Å². The zero-order valence-corrected chi connectivity index (χ0v) is 11.2. The number of aromatic nitrogens is 3. The predicted molar refractivity (Wildman–Crippen MR) is 75.7 cm³/mol. The molecular formula is C13H9ClN4O2. The van der Waals surface area contributed by atoms with E-state index in [2.05, 4.69) is 15.0 Å². The van der Waals surface area contributed by atoms with Gasteiger partial charge in [-0.1, -0.05) is 0 Å². The molecule has 0 saturated heterocycles. The number of nitro benzene ring substituents is 1. The average molecular weight is 289 g/mol. The van der Waals surface area contributed by atoms with Gasteiger partial charge in [0.2, 0.25) is 5.28 Å². The van der Waals surface area contributed by atoms with Crippen LogP contribution in [0.1, 0.15) is 5.69 Å². The summed E-state index contributed by atoms with van der Waals surface area (Å²) in [5, 5.41) is 11.8. The number of fused-ring (bicyclic) bond motifs is 1. The summed E-state index contributed by atoms with van der Waals surface area (Å²) in [5.74, 6) is 0. The van der Waals surface area contributed by atoms with Crippen molar-refractivity contribution in [3.05, 3.63) is 51.6 Å². The Balaban J connectivity index is 2.31. The van der Waals surface area contributed by atoms with Gasteiger partial charge in [-0.05, 0) is 30.7 Å². The molecule has 0 fully saturated rings. The molecule has 0 aliphatic rings. The molecule has 6 nitrogen and oxygen atoms in total. The smallest absolute Gasteiger partial charge is 0.270 e. The van der Waals surface area contributed by atoms with Crippen LogP contribution in [0.25, 0.3) is 22.2 Å². The number of halogens is 1. The van der Waals surface area contributed by atoms with E-state index in [4.69, 9.17) is 11.6 Å². The first kappa shape index (κ1) is 12.6. The maximum Gasteiger partial charge on any atom is 0.270 e. The quantitative estimate of drug-likeness (QED) is 0.444. The summed E-state index contributed by atoms with van der Waals surface area (Å²) in [7, 11) is 0. The van der Waals surface area contributed by atoms with Crippen LogP contribution in [0.3, 0.4) is 0 Å². The fraction of sp³-hybridized carbons (Fsp3) is 0.0769. The van der Waals surface area contributed by atoms with Gasteiger partial charge in [-0.15, -0.1) is 0 Å². The number of non-ortho nitro benzene ring substituents is 1. The van der Waals surface area contributed by atoms with E-state index >= 15 is 0 Å². The van der Waals surface area contributed by atoms with Crippen LogP contribution in [0.5, 0.6) is 0 Å². The molecule has 3 aromatic rings. The molecule has 20 heavy (non-hydrogen) atoms. The van der Waals surface area contributed by atoms with Gasteiger partial charge in [-0.3, -0.25) is 10.1 Å². The molecule has 100 valence electrons. The van der Waals surface area contributed by atoms with Gasteiger partial charge in [0.05, 0.1) is 10.6 Å². The van der Waals surface area contributed by atoms with Crippen molar-refractivity contribution in [1.82, 2.24) is 15.0 Å². The van der Waals surface area contributed by atoms with E-state index in [0.717, 1.165) is 22.2 Å². The Morgan fingerprint density at radius 2 is 2.15 bits per heavy atom. The van der Waals surface area contributed by atoms with Gasteiger partial charge in [-0.25, -0.2) is 9.97 Å². The zero-order valence-electron chi connectivity index (χ0n) is 10.4. The van der Waals surface area contributed by atoms with Crippen LogP contribution in [0.2, 0.25) is 5.28 Å². The van der Waals surface area contributed by atoms with Crippen molar-refractivity contribution in [1.29, 1.82) is 0 Å². The molecule has 2 heterocycles. The highest BCUT2D eigenvalue weighted by atomic mass is 35.5. The zero-order chi connectivity index (χ0) is 14.3. The minimum absolute atomic E-state index is 0.0397. The third-order valence-corrected chi connectivity index (χ3v) is 3.24. The first-order chi connectivity index (χ1) is 9.56. The average Bonchev–Trinajstić information content (AvgIpc) is 2.73. The van der Waals surface area contributed by atoms with Crippen LogP contribution >= 0.6 is 11.6 Å². The maximum atomic E-state index is 10.9. The van der Waals surface area contributed by atoms with Gasteiger partial charge in [0.1, 0.15) is 0 Å². The molecule has 0 radical (unpaired) electrons. The summed E-state index contributed by atoms with van der Waals surface area (Å²) in [5.41, 5.74) is 3.16. The topological polar surface area (TPSA) is 84.7 Å². The highest BCUT2D eigenvalue weighted by molar-refractivity contribution is 6.28. The Morgan fingerprint density at radius 1 is 1.35 bits per heavy atom. The molecule has 0 bridgehead atoms. The number of nitro groups is 1. The molecule has 0 atom stereocenters. The second-order valence-corrected chi connectivity index (χ2v) is 4.66. The number of benzene rings is 1. The number of aromatic amines is 1. The molecule has 1 aromatic carbocycles. The third kappa shape index (κ3) is 2.00. The number of aryl methyl sites for hydroxylation is 1. The van der Waals surface area contributed by atoms with E-state index in [1.807, 2.05) is 6.92 Å². The van der Waals surface area contributed by atoms with Crippen LogP contribution in [-0.4, -0.2) is 19.9 Å². The van der Waals surface area contributed by atoms with Gasteiger partial charge in [0, 0.05) is 40.5 Å². The van der Waals surface area contributed by atoms with Gasteiger partial charge < -0.3 is 4.98 Å². The summed E-state index contributed by atoms with van der Waals surface area (Å²) in [6.07, 6.45) is 1.56. The highest BCUT2D eigenvalue weighted by Crippen LogP contribution is 2.33. The van der Waals surface area contributed by atoms with Crippen LogP contribution < -0.4 is 0 Å². The van der Waals surface area contributed by atoms with Crippen molar-refractivity contribution in [3.8, 4) is 11.3 Å². The van der Waals surface area contributed by atoms with Crippen LogP contribution in [0.4, 0.5) is 5.69 Å². The molecule has 7 heteroatoms. The van der Waals surface area contributed by atoms with E-state index in [1.54, 1.807) is 18.3 Å². The van der Waals surface area contributed by atoms with E-state index in [1.165, 1.54) is 12.1 Å². The van der Waals surface area contributed by atoms with Crippen molar-refractivity contribution in [2.45, 2.75) is 6.92 Å². The second-order valence-electron chi connectivity index (χ2n) is 4.32. The lowest BCUT2D eigenvalue weighted by Gasteiger charge is -2.01. The largest absolute Gasteiger partial charge is 0.358 e. The monoisotopic (exact) mass is 288 g/mol. The molecule has 2 aromatic heterocycles. The lowest BCUT2D eigenvalue weighted by atomic mass is 10.1. The highest BCUT2D eigenvalue weighted by Gasteiger charge is 2.15. The first-order valence-electron chi connectivity index (χ1n) is 5.82. The molecular weight excluding hydrogens is 280 g/mol. The summed E-state index contributed by atoms with van der Waals surface area (Å²) in [6.45, 7) is 1.89. The lowest BCUT2D eigenvalue weighted by molar-refractivity contribution is -0.384. The predicted octanol–water partition coefficient (Wildman–Crippen LogP) is 3.49. The molecule has 0 aliphatic heterocycles. The summed E-state index contributed by atoms with van der Waals surface area (Å²) < 4.78 is 0. The Labute approximate surface area is 118 Å². The SMILES string of the molecule is Cc1[nH]c2ccc([N+](=O)[O-])cc2c1-c1ccnc(Cl)n1. The van der Waals surface area contributed by atoms with Crippen molar-refractivity contribution < 1.29 is 4.92 Å². The Hall–Kier alpha value is -2.47. The molecule has 3 rings (SSSR count). The van der Waals surface area contributed by atoms with Crippen molar-refractivity contribution in [2.24, 2.45) is 0 Å². The molecule has 1 N–H and O–H groups in total. The molecule has 0 unspecified atom stereocenters. The van der Waals surface area contributed by atoms with Gasteiger partial charge >= 0.3 is 0 Å². The Morgan fingerprint density at radius 3 is 2.85 bits per heavy atom. The maximum absolute atomic E-state index is 10.9. The number of H-pyrrole nitrogens is 1. The Kier molecular flexibility index (Phi) is 2.87. The molecule has 0 amide bonds. The van der Waals surface area contributed by atoms with Gasteiger partial charge in [0.15, 0.2) is 0 Å². The van der Waals surface area contributed by atoms with Gasteiger partial charge in [-0.2, -0.15) is 0 Å². The van der Waals surface area contributed by atoms with E-state index in [0.29, 0.717) is 5.69 Å². The lowest BCUT2D eigenvalue weighted by Crippen LogP contribution is -1.89. The summed E-state index contributed by atoms with van der Waals surface area (Å²) >= 11 is 5.81. The van der Waals surface area contributed by atoms with Crippen molar-refractivity contribution in [2.75, 3.05) is 0 Å². The minimum Gasteiger partial charge on any atom is -0.358 e. The number of nitrogens with zero attached hydrogens (tertiary/aromatic N) is 3. The standard InChI is InChI=1S/C13H9ClN4O2/c1-7-12(11-4-5-15-13(14)17-11)9-6-8(18(19)20)2-3-10(9)16-7/h2-6,16H,1H3. The normalized spacial score (nSPS) is 10.9. The molecule has 0 spiro atoms.